The molecule has 1 aromatic heterocycles. The van der Waals surface area contributed by atoms with Gasteiger partial charge < -0.3 is 10.0 Å². The summed E-state index contributed by atoms with van der Waals surface area (Å²) in [6, 6.07) is -0.118. The average molecular weight is 346 g/mol. The molecule has 1 aliphatic heterocycles. The third-order valence-electron chi connectivity index (χ3n) is 3.44. The highest BCUT2D eigenvalue weighted by Crippen LogP contribution is 2.27. The molecule has 5 nitrogen and oxygen atoms in total. The lowest BCUT2D eigenvalue weighted by Crippen LogP contribution is -2.40. The number of likely N-dealkylation sites (tertiary alicyclic amines) is 1. The maximum Gasteiger partial charge on any atom is 0.274 e. The van der Waals surface area contributed by atoms with Gasteiger partial charge in [0.1, 0.15) is 5.69 Å². The van der Waals surface area contributed by atoms with E-state index in [4.69, 9.17) is 0 Å². The van der Waals surface area contributed by atoms with Crippen LogP contribution in [-0.4, -0.2) is 51.3 Å². The van der Waals surface area contributed by atoms with Crippen LogP contribution in [0.15, 0.2) is 15.8 Å². The SMILES string of the molecule is CSc1ncc(Br)c(C(=O)N2CCC(C)C2CO)n1. The van der Waals surface area contributed by atoms with E-state index in [0.717, 1.165) is 6.42 Å². The van der Waals surface area contributed by atoms with Crippen LogP contribution in [0.2, 0.25) is 0 Å². The standard InChI is InChI=1S/C12H16BrN3O2S/c1-7-3-4-16(9(7)6-17)11(18)10-8(13)5-14-12(15-10)19-2/h5,7,9,17H,3-4,6H2,1-2H3. The zero-order valence-electron chi connectivity index (χ0n) is 10.8. The predicted octanol–water partition coefficient (Wildman–Crippen LogP) is 1.80. The fourth-order valence-electron chi connectivity index (χ4n) is 2.27. The molecule has 1 aromatic rings. The third-order valence-corrected chi connectivity index (χ3v) is 4.58. The molecule has 0 aromatic carbocycles. The lowest BCUT2D eigenvalue weighted by atomic mass is 10.0. The fraction of sp³-hybridized carbons (Fsp3) is 0.583. The van der Waals surface area contributed by atoms with Gasteiger partial charge >= 0.3 is 0 Å². The van der Waals surface area contributed by atoms with Crippen LogP contribution in [0, 0.1) is 5.92 Å². The zero-order chi connectivity index (χ0) is 14.0. The first-order valence-electron chi connectivity index (χ1n) is 6.06. The fourth-order valence-corrected chi connectivity index (χ4v) is 2.98. The number of aliphatic hydroxyl groups is 1. The molecule has 0 saturated carbocycles. The quantitative estimate of drug-likeness (QED) is 0.668. The van der Waals surface area contributed by atoms with E-state index in [1.54, 1.807) is 11.1 Å². The average Bonchev–Trinajstić information content (AvgIpc) is 2.79. The van der Waals surface area contributed by atoms with Gasteiger partial charge in [-0.05, 0) is 34.5 Å². The number of carbonyl (C=O) groups excluding carboxylic acids is 1. The summed E-state index contributed by atoms with van der Waals surface area (Å²) >= 11 is 4.72. The highest BCUT2D eigenvalue weighted by Gasteiger charge is 2.35. The molecule has 2 atom stereocenters. The summed E-state index contributed by atoms with van der Waals surface area (Å²) < 4.78 is 0.589. The Morgan fingerprint density at radius 3 is 3.05 bits per heavy atom. The van der Waals surface area contributed by atoms with Crippen LogP contribution in [0.1, 0.15) is 23.8 Å². The van der Waals surface area contributed by atoms with Crippen LogP contribution >= 0.6 is 27.7 Å². The maximum absolute atomic E-state index is 12.5. The van der Waals surface area contributed by atoms with Crippen LogP contribution in [0.5, 0.6) is 0 Å². The van der Waals surface area contributed by atoms with Gasteiger partial charge in [0.15, 0.2) is 5.16 Å². The minimum absolute atomic E-state index is 0.00893. The van der Waals surface area contributed by atoms with Gasteiger partial charge in [0.25, 0.3) is 5.91 Å². The number of thioether (sulfide) groups is 1. The summed E-state index contributed by atoms with van der Waals surface area (Å²) in [5.41, 5.74) is 0.368. The molecule has 0 spiro atoms. The molecule has 2 rings (SSSR count). The summed E-state index contributed by atoms with van der Waals surface area (Å²) in [5.74, 6) is 0.169. The first kappa shape index (κ1) is 14.7. The second-order valence-corrected chi connectivity index (χ2v) is 6.20. The Bertz CT molecular complexity index is 486. The lowest BCUT2D eigenvalue weighted by molar-refractivity contribution is 0.0640. The Labute approximate surface area is 124 Å². The Hall–Kier alpha value is -0.660. The number of aliphatic hydroxyl groups excluding tert-OH is 1. The minimum Gasteiger partial charge on any atom is -0.394 e. The van der Waals surface area contributed by atoms with Gasteiger partial charge in [0.05, 0.1) is 17.1 Å². The van der Waals surface area contributed by atoms with Crippen molar-refractivity contribution < 1.29 is 9.90 Å². The van der Waals surface area contributed by atoms with Crippen molar-refractivity contribution in [2.75, 3.05) is 19.4 Å². The van der Waals surface area contributed by atoms with Crippen molar-refractivity contribution in [3.8, 4) is 0 Å². The second kappa shape index (κ2) is 6.19. The van der Waals surface area contributed by atoms with E-state index in [2.05, 4.69) is 32.8 Å². The molecule has 19 heavy (non-hydrogen) atoms. The van der Waals surface area contributed by atoms with Gasteiger partial charge in [-0.3, -0.25) is 4.79 Å². The maximum atomic E-state index is 12.5. The van der Waals surface area contributed by atoms with Crippen molar-refractivity contribution in [2.45, 2.75) is 24.5 Å². The van der Waals surface area contributed by atoms with Gasteiger partial charge in [-0.25, -0.2) is 9.97 Å². The molecule has 7 heteroatoms. The van der Waals surface area contributed by atoms with Crippen molar-refractivity contribution in [1.82, 2.24) is 14.9 Å². The van der Waals surface area contributed by atoms with Gasteiger partial charge in [0.2, 0.25) is 0 Å². The number of aromatic nitrogens is 2. The van der Waals surface area contributed by atoms with E-state index in [1.165, 1.54) is 11.8 Å². The number of hydrogen-bond acceptors (Lipinski definition) is 5. The first-order chi connectivity index (χ1) is 9.08. The molecule has 1 fully saturated rings. The van der Waals surface area contributed by atoms with E-state index in [0.29, 0.717) is 27.8 Å². The Morgan fingerprint density at radius 2 is 2.42 bits per heavy atom. The molecule has 0 aliphatic carbocycles. The molecule has 104 valence electrons. The highest BCUT2D eigenvalue weighted by atomic mass is 79.9. The Balaban J connectivity index is 2.29. The van der Waals surface area contributed by atoms with Crippen molar-refractivity contribution in [1.29, 1.82) is 0 Å². The highest BCUT2D eigenvalue weighted by molar-refractivity contribution is 9.10. The smallest absolute Gasteiger partial charge is 0.274 e. The lowest BCUT2D eigenvalue weighted by Gasteiger charge is -2.25. The minimum atomic E-state index is -0.145. The normalized spacial score (nSPS) is 22.8. The number of amides is 1. The van der Waals surface area contributed by atoms with Crippen LogP contribution < -0.4 is 0 Å². The predicted molar refractivity (Wildman–Crippen MR) is 77.2 cm³/mol. The van der Waals surface area contributed by atoms with Crippen molar-refractivity contribution in [3.05, 3.63) is 16.4 Å². The van der Waals surface area contributed by atoms with Crippen LogP contribution in [0.4, 0.5) is 0 Å². The summed E-state index contributed by atoms with van der Waals surface area (Å²) in [6.45, 7) is 2.71. The molecule has 0 radical (unpaired) electrons. The summed E-state index contributed by atoms with van der Waals surface area (Å²) in [7, 11) is 0. The molecule has 2 heterocycles. The largest absolute Gasteiger partial charge is 0.394 e. The molecular weight excluding hydrogens is 330 g/mol. The van der Waals surface area contributed by atoms with Gasteiger partial charge in [0, 0.05) is 12.7 Å². The topological polar surface area (TPSA) is 66.3 Å². The summed E-state index contributed by atoms with van der Waals surface area (Å²) in [6.07, 6.45) is 4.38. The summed E-state index contributed by atoms with van der Waals surface area (Å²) in [4.78, 5) is 22.6. The monoisotopic (exact) mass is 345 g/mol. The second-order valence-electron chi connectivity index (χ2n) is 4.57. The van der Waals surface area contributed by atoms with E-state index < -0.39 is 0 Å². The number of nitrogens with zero attached hydrogens (tertiary/aromatic N) is 3. The van der Waals surface area contributed by atoms with E-state index >= 15 is 0 Å². The zero-order valence-corrected chi connectivity index (χ0v) is 13.2. The number of hydrogen-bond donors (Lipinski definition) is 1. The van der Waals surface area contributed by atoms with Crippen LogP contribution in [0.3, 0.4) is 0 Å². The molecule has 0 bridgehead atoms. The van der Waals surface area contributed by atoms with Gasteiger partial charge in [-0.1, -0.05) is 18.7 Å². The summed E-state index contributed by atoms with van der Waals surface area (Å²) in [5, 5.41) is 10.00. The molecule has 1 amide bonds. The van der Waals surface area contributed by atoms with E-state index in [9.17, 15) is 9.90 Å². The van der Waals surface area contributed by atoms with Gasteiger partial charge in [-0.15, -0.1) is 0 Å². The number of rotatable bonds is 3. The Morgan fingerprint density at radius 1 is 1.68 bits per heavy atom. The number of halogens is 1. The van der Waals surface area contributed by atoms with Gasteiger partial charge in [-0.2, -0.15) is 0 Å². The van der Waals surface area contributed by atoms with E-state index in [1.807, 2.05) is 6.26 Å². The third kappa shape index (κ3) is 2.93. The van der Waals surface area contributed by atoms with Crippen LogP contribution in [0.25, 0.3) is 0 Å². The molecule has 1 N–H and O–H groups in total. The molecule has 2 unspecified atom stereocenters. The molecule has 1 aliphatic rings. The van der Waals surface area contributed by atoms with Crippen molar-refractivity contribution >= 4 is 33.6 Å². The molecule has 1 saturated heterocycles. The van der Waals surface area contributed by atoms with Crippen LogP contribution in [-0.2, 0) is 0 Å². The first-order valence-corrected chi connectivity index (χ1v) is 8.08. The van der Waals surface area contributed by atoms with Crippen molar-refractivity contribution in [3.63, 3.8) is 0 Å². The number of carbonyl (C=O) groups is 1. The molecular formula is C12H16BrN3O2S. The van der Waals surface area contributed by atoms with E-state index in [-0.39, 0.29) is 18.6 Å². The Kier molecular flexibility index (Phi) is 4.81. The van der Waals surface area contributed by atoms with Crippen molar-refractivity contribution in [2.24, 2.45) is 5.92 Å².